The van der Waals surface area contributed by atoms with E-state index in [4.69, 9.17) is 4.74 Å². The molecule has 1 saturated heterocycles. The van der Waals surface area contributed by atoms with E-state index in [0.717, 1.165) is 15.6 Å². The van der Waals surface area contributed by atoms with Gasteiger partial charge in [-0.15, -0.1) is 0 Å². The minimum atomic E-state index is -0.275. The van der Waals surface area contributed by atoms with Gasteiger partial charge in [0.25, 0.3) is 5.91 Å². The van der Waals surface area contributed by atoms with Gasteiger partial charge in [0.1, 0.15) is 5.82 Å². The van der Waals surface area contributed by atoms with Crippen LogP contribution in [0.15, 0.2) is 40.9 Å². The van der Waals surface area contributed by atoms with Gasteiger partial charge >= 0.3 is 0 Å². The fraction of sp³-hybridized carbons (Fsp3) is 0.381. The quantitative estimate of drug-likeness (QED) is 0.772. The van der Waals surface area contributed by atoms with Crippen LogP contribution >= 0.6 is 15.9 Å². The summed E-state index contributed by atoms with van der Waals surface area (Å²) in [5.74, 6) is -0.441. The highest BCUT2D eigenvalue weighted by Crippen LogP contribution is 2.24. The highest BCUT2D eigenvalue weighted by Gasteiger charge is 2.24. The van der Waals surface area contributed by atoms with Crippen LogP contribution in [0.1, 0.15) is 35.3 Å². The average Bonchev–Trinajstić information content (AvgIpc) is 2.59. The SMILES string of the molecule is Cc1cc(Br)ccc1C(=O)NCc1ccc(N2CC(C)OC(C)C2)c(F)c1. The first-order valence-corrected chi connectivity index (χ1v) is 9.86. The van der Waals surface area contributed by atoms with Crippen molar-refractivity contribution in [3.05, 3.63) is 63.4 Å². The number of nitrogens with zero attached hydrogens (tertiary/aromatic N) is 1. The number of hydrogen-bond acceptors (Lipinski definition) is 3. The normalized spacial score (nSPS) is 19.8. The smallest absolute Gasteiger partial charge is 0.251 e. The summed E-state index contributed by atoms with van der Waals surface area (Å²) in [6.45, 7) is 7.49. The third kappa shape index (κ3) is 4.87. The van der Waals surface area contributed by atoms with Gasteiger partial charge < -0.3 is 15.0 Å². The van der Waals surface area contributed by atoms with Crippen molar-refractivity contribution in [1.29, 1.82) is 0 Å². The Hall–Kier alpha value is -1.92. The standard InChI is InChI=1S/C21H24BrFN2O2/c1-13-8-17(22)5-6-18(13)21(26)24-10-16-4-7-20(19(23)9-16)25-11-14(2)27-15(3)12-25/h4-9,14-15H,10-12H2,1-3H3,(H,24,26). The molecule has 0 aliphatic carbocycles. The monoisotopic (exact) mass is 434 g/mol. The minimum Gasteiger partial charge on any atom is -0.372 e. The Labute approximate surface area is 167 Å². The lowest BCUT2D eigenvalue weighted by Gasteiger charge is -2.37. The lowest BCUT2D eigenvalue weighted by Crippen LogP contribution is -2.45. The summed E-state index contributed by atoms with van der Waals surface area (Å²) < 4.78 is 21.3. The summed E-state index contributed by atoms with van der Waals surface area (Å²) >= 11 is 3.39. The molecular formula is C21H24BrFN2O2. The number of ether oxygens (including phenoxy) is 1. The molecule has 2 atom stereocenters. The van der Waals surface area contributed by atoms with Crippen molar-refractivity contribution in [2.24, 2.45) is 0 Å². The van der Waals surface area contributed by atoms with Gasteiger partial charge in [-0.3, -0.25) is 4.79 Å². The van der Waals surface area contributed by atoms with Crippen LogP contribution < -0.4 is 10.2 Å². The number of nitrogens with one attached hydrogen (secondary N) is 1. The molecule has 0 bridgehead atoms. The lowest BCUT2D eigenvalue weighted by atomic mass is 10.1. The van der Waals surface area contributed by atoms with Gasteiger partial charge in [-0.2, -0.15) is 0 Å². The van der Waals surface area contributed by atoms with E-state index < -0.39 is 0 Å². The summed E-state index contributed by atoms with van der Waals surface area (Å²) in [5, 5.41) is 2.86. The maximum atomic E-state index is 14.6. The van der Waals surface area contributed by atoms with Crippen molar-refractivity contribution in [2.45, 2.75) is 39.5 Å². The van der Waals surface area contributed by atoms with Gasteiger partial charge in [-0.05, 0) is 62.2 Å². The van der Waals surface area contributed by atoms with Crippen LogP contribution in [0, 0.1) is 12.7 Å². The lowest BCUT2D eigenvalue weighted by molar-refractivity contribution is -0.00539. The number of morpholine rings is 1. The van der Waals surface area contributed by atoms with E-state index in [0.29, 0.717) is 24.3 Å². The highest BCUT2D eigenvalue weighted by atomic mass is 79.9. The molecule has 6 heteroatoms. The van der Waals surface area contributed by atoms with Crippen LogP contribution in [-0.2, 0) is 11.3 Å². The topological polar surface area (TPSA) is 41.6 Å². The summed E-state index contributed by atoms with van der Waals surface area (Å²) in [5.41, 5.74) is 2.81. The van der Waals surface area contributed by atoms with E-state index in [1.165, 1.54) is 6.07 Å². The number of hydrogen-bond donors (Lipinski definition) is 1. The summed E-state index contributed by atoms with van der Waals surface area (Å²) in [7, 11) is 0. The molecule has 1 heterocycles. The number of rotatable bonds is 4. The molecule has 2 unspecified atom stereocenters. The Balaban J connectivity index is 1.66. The predicted molar refractivity (Wildman–Crippen MR) is 109 cm³/mol. The number of benzene rings is 2. The Bertz CT molecular complexity index is 833. The molecule has 27 heavy (non-hydrogen) atoms. The zero-order valence-corrected chi connectivity index (χ0v) is 17.3. The van der Waals surface area contributed by atoms with Gasteiger partial charge in [-0.1, -0.05) is 22.0 Å². The summed E-state index contributed by atoms with van der Waals surface area (Å²) in [6.07, 6.45) is 0.141. The second-order valence-corrected chi connectivity index (χ2v) is 8.01. The van der Waals surface area contributed by atoms with Crippen LogP contribution in [-0.4, -0.2) is 31.2 Å². The van der Waals surface area contributed by atoms with E-state index in [-0.39, 0.29) is 30.5 Å². The zero-order valence-electron chi connectivity index (χ0n) is 15.8. The van der Waals surface area contributed by atoms with E-state index in [9.17, 15) is 9.18 Å². The molecule has 2 aromatic carbocycles. The van der Waals surface area contributed by atoms with Crippen LogP contribution in [0.5, 0.6) is 0 Å². The number of anilines is 1. The number of halogens is 2. The summed E-state index contributed by atoms with van der Waals surface area (Å²) in [4.78, 5) is 14.4. The highest BCUT2D eigenvalue weighted by molar-refractivity contribution is 9.10. The largest absolute Gasteiger partial charge is 0.372 e. The first kappa shape index (κ1) is 19.8. The third-order valence-corrected chi connectivity index (χ3v) is 5.15. The molecule has 0 aromatic heterocycles. The maximum Gasteiger partial charge on any atom is 0.251 e. The second-order valence-electron chi connectivity index (χ2n) is 7.09. The number of aryl methyl sites for hydroxylation is 1. The van der Waals surface area contributed by atoms with Crippen molar-refractivity contribution in [3.8, 4) is 0 Å². The summed E-state index contributed by atoms with van der Waals surface area (Å²) in [6, 6.07) is 10.6. The fourth-order valence-corrected chi connectivity index (χ4v) is 3.93. The Kier molecular flexibility index (Phi) is 6.17. The first-order valence-electron chi connectivity index (χ1n) is 9.06. The fourth-order valence-electron chi connectivity index (χ4n) is 3.45. The van der Waals surface area contributed by atoms with E-state index >= 15 is 0 Å². The van der Waals surface area contributed by atoms with Crippen molar-refractivity contribution in [3.63, 3.8) is 0 Å². The Morgan fingerprint density at radius 1 is 1.22 bits per heavy atom. The van der Waals surface area contributed by atoms with Gasteiger partial charge in [0.2, 0.25) is 0 Å². The van der Waals surface area contributed by atoms with Gasteiger partial charge in [0.15, 0.2) is 0 Å². The molecule has 0 saturated carbocycles. The molecule has 1 fully saturated rings. The third-order valence-electron chi connectivity index (χ3n) is 4.66. The Morgan fingerprint density at radius 3 is 2.56 bits per heavy atom. The zero-order chi connectivity index (χ0) is 19.6. The van der Waals surface area contributed by atoms with Gasteiger partial charge in [-0.25, -0.2) is 4.39 Å². The first-order chi connectivity index (χ1) is 12.8. The van der Waals surface area contributed by atoms with Crippen molar-refractivity contribution >= 4 is 27.5 Å². The molecular weight excluding hydrogens is 411 g/mol. The minimum absolute atomic E-state index is 0.0706. The van der Waals surface area contributed by atoms with Crippen LogP contribution in [0.2, 0.25) is 0 Å². The molecule has 2 aromatic rings. The molecule has 144 valence electrons. The number of amides is 1. The van der Waals surface area contributed by atoms with E-state index in [1.54, 1.807) is 12.1 Å². The van der Waals surface area contributed by atoms with Crippen molar-refractivity contribution < 1.29 is 13.9 Å². The molecule has 0 radical (unpaired) electrons. The molecule has 1 amide bonds. The van der Waals surface area contributed by atoms with Gasteiger partial charge in [0.05, 0.1) is 17.9 Å². The van der Waals surface area contributed by atoms with Crippen molar-refractivity contribution in [1.82, 2.24) is 5.32 Å². The predicted octanol–water partition coefficient (Wildman–Crippen LogP) is 4.44. The maximum absolute atomic E-state index is 14.6. The molecule has 1 aliphatic heterocycles. The Morgan fingerprint density at radius 2 is 1.93 bits per heavy atom. The number of carbonyl (C=O) groups is 1. The van der Waals surface area contributed by atoms with E-state index in [2.05, 4.69) is 21.2 Å². The van der Waals surface area contributed by atoms with Crippen LogP contribution in [0.3, 0.4) is 0 Å². The van der Waals surface area contributed by atoms with Crippen molar-refractivity contribution in [2.75, 3.05) is 18.0 Å². The van der Waals surface area contributed by atoms with E-state index in [1.807, 2.05) is 43.9 Å². The second kappa shape index (κ2) is 8.40. The molecule has 1 aliphatic rings. The molecule has 4 nitrogen and oxygen atoms in total. The molecule has 1 N–H and O–H groups in total. The molecule has 0 spiro atoms. The molecule has 3 rings (SSSR count). The van der Waals surface area contributed by atoms with Crippen LogP contribution in [0.25, 0.3) is 0 Å². The average molecular weight is 435 g/mol. The van der Waals surface area contributed by atoms with Crippen LogP contribution in [0.4, 0.5) is 10.1 Å². The van der Waals surface area contributed by atoms with Gasteiger partial charge in [0, 0.05) is 29.7 Å². The number of carbonyl (C=O) groups excluding carboxylic acids is 1.